The molecule has 0 bridgehead atoms. The number of carboxylic acid groups (broad SMARTS) is 1. The van der Waals surface area contributed by atoms with Crippen molar-refractivity contribution in [3.05, 3.63) is 40.2 Å². The van der Waals surface area contributed by atoms with Crippen LogP contribution in [0.3, 0.4) is 0 Å². The normalized spacial score (nSPS) is 10.3. The first-order valence-electron chi connectivity index (χ1n) is 4.40. The van der Waals surface area contributed by atoms with Crippen molar-refractivity contribution in [3.63, 3.8) is 0 Å². The van der Waals surface area contributed by atoms with Crippen LogP contribution in [0.25, 0.3) is 10.4 Å². The lowest BCUT2D eigenvalue weighted by Gasteiger charge is -1.95. The van der Waals surface area contributed by atoms with Crippen molar-refractivity contribution in [1.29, 1.82) is 0 Å². The highest BCUT2D eigenvalue weighted by Gasteiger charge is 2.15. The van der Waals surface area contributed by atoms with Crippen LogP contribution in [0.4, 0.5) is 0 Å². The second-order valence-corrected chi connectivity index (χ2v) is 4.63. The van der Waals surface area contributed by atoms with Gasteiger partial charge in [-0.25, -0.2) is 4.79 Å². The van der Waals surface area contributed by atoms with Crippen molar-refractivity contribution in [3.8, 4) is 16.2 Å². The lowest BCUT2D eigenvalue weighted by Crippen LogP contribution is -1.90. The third-order valence-electron chi connectivity index (χ3n) is 2.04. The number of halogens is 1. The first kappa shape index (κ1) is 11.0. The number of aromatic hydroxyl groups is 1. The Hall–Kier alpha value is -1.52. The molecule has 0 unspecified atom stereocenters. The molecule has 0 fully saturated rings. The molecular weight excluding hydrogens is 248 g/mol. The van der Waals surface area contributed by atoms with Crippen molar-refractivity contribution >= 4 is 28.9 Å². The van der Waals surface area contributed by atoms with E-state index in [1.807, 2.05) is 0 Å². The number of carboxylic acids is 1. The Balaban J connectivity index is 2.45. The van der Waals surface area contributed by atoms with Crippen molar-refractivity contribution in [1.82, 2.24) is 0 Å². The highest BCUT2D eigenvalue weighted by molar-refractivity contribution is 7.17. The molecule has 16 heavy (non-hydrogen) atoms. The Kier molecular flexibility index (Phi) is 2.85. The largest absolute Gasteiger partial charge is 0.506 e. The van der Waals surface area contributed by atoms with Crippen LogP contribution in [0.15, 0.2) is 30.3 Å². The van der Waals surface area contributed by atoms with E-state index >= 15 is 0 Å². The van der Waals surface area contributed by atoms with E-state index in [0.29, 0.717) is 9.90 Å². The molecule has 0 aliphatic heterocycles. The van der Waals surface area contributed by atoms with Gasteiger partial charge in [0, 0.05) is 9.90 Å². The number of aromatic carboxylic acids is 1. The fourth-order valence-corrected chi connectivity index (χ4v) is 2.31. The maximum Gasteiger partial charge on any atom is 0.349 e. The molecule has 82 valence electrons. The fraction of sp³-hybridized carbons (Fsp3) is 0. The fourth-order valence-electron chi connectivity index (χ4n) is 1.29. The third-order valence-corrected chi connectivity index (χ3v) is 3.45. The Bertz CT molecular complexity index is 531. The second-order valence-electron chi connectivity index (χ2n) is 3.14. The van der Waals surface area contributed by atoms with Gasteiger partial charge in [0.15, 0.2) is 4.88 Å². The number of carbonyl (C=O) groups is 1. The summed E-state index contributed by atoms with van der Waals surface area (Å²) in [6, 6.07) is 8.43. The third kappa shape index (κ3) is 2.03. The van der Waals surface area contributed by atoms with E-state index in [9.17, 15) is 9.90 Å². The molecule has 2 aromatic rings. The molecule has 2 N–H and O–H groups in total. The summed E-state index contributed by atoms with van der Waals surface area (Å²) in [4.78, 5) is 11.4. The van der Waals surface area contributed by atoms with Gasteiger partial charge < -0.3 is 10.2 Å². The average molecular weight is 255 g/mol. The summed E-state index contributed by atoms with van der Waals surface area (Å²) >= 11 is 6.78. The molecule has 3 nitrogen and oxygen atoms in total. The van der Waals surface area contributed by atoms with Gasteiger partial charge in [-0.05, 0) is 23.8 Å². The maximum absolute atomic E-state index is 10.7. The summed E-state index contributed by atoms with van der Waals surface area (Å²) in [6.07, 6.45) is 0. The van der Waals surface area contributed by atoms with Gasteiger partial charge in [-0.15, -0.1) is 11.3 Å². The van der Waals surface area contributed by atoms with E-state index in [4.69, 9.17) is 16.7 Å². The van der Waals surface area contributed by atoms with Gasteiger partial charge in [0.1, 0.15) is 5.75 Å². The number of rotatable bonds is 2. The van der Waals surface area contributed by atoms with Crippen molar-refractivity contribution in [2.24, 2.45) is 0 Å². The Morgan fingerprint density at radius 1 is 1.25 bits per heavy atom. The molecule has 1 aromatic carbocycles. The molecule has 0 saturated carbocycles. The van der Waals surface area contributed by atoms with Crippen LogP contribution in [0.5, 0.6) is 5.75 Å². The van der Waals surface area contributed by atoms with Gasteiger partial charge in [-0.3, -0.25) is 0 Å². The van der Waals surface area contributed by atoms with E-state index in [-0.39, 0.29) is 10.6 Å². The molecule has 0 aliphatic carbocycles. The minimum atomic E-state index is -1.12. The van der Waals surface area contributed by atoms with Gasteiger partial charge in [-0.2, -0.15) is 0 Å². The maximum atomic E-state index is 10.7. The van der Waals surface area contributed by atoms with Gasteiger partial charge in [0.25, 0.3) is 0 Å². The molecule has 0 saturated heterocycles. The quantitative estimate of drug-likeness (QED) is 0.863. The highest BCUT2D eigenvalue weighted by atomic mass is 35.5. The molecule has 0 aliphatic rings. The average Bonchev–Trinajstić information content (AvgIpc) is 2.61. The molecule has 0 radical (unpaired) electrons. The standard InChI is InChI=1S/C11H7ClO3S/c12-7-3-1-6(2-4-7)9-5-8(13)10(16-9)11(14)15/h1-5,13H,(H,14,15). The Morgan fingerprint density at radius 3 is 2.38 bits per heavy atom. The highest BCUT2D eigenvalue weighted by Crippen LogP contribution is 2.35. The lowest BCUT2D eigenvalue weighted by molar-refractivity contribution is 0.0699. The zero-order chi connectivity index (χ0) is 11.7. The summed E-state index contributed by atoms with van der Waals surface area (Å²) < 4.78 is 0. The number of hydrogen-bond donors (Lipinski definition) is 2. The molecule has 1 heterocycles. The van der Waals surface area contributed by atoms with Crippen LogP contribution in [0.1, 0.15) is 9.67 Å². The lowest BCUT2D eigenvalue weighted by atomic mass is 10.2. The first-order valence-corrected chi connectivity index (χ1v) is 5.59. The number of thiophene rings is 1. The van der Waals surface area contributed by atoms with E-state index in [1.165, 1.54) is 6.07 Å². The zero-order valence-corrected chi connectivity index (χ0v) is 9.55. The Morgan fingerprint density at radius 2 is 1.88 bits per heavy atom. The van der Waals surface area contributed by atoms with E-state index in [1.54, 1.807) is 24.3 Å². The van der Waals surface area contributed by atoms with Crippen molar-refractivity contribution < 1.29 is 15.0 Å². The zero-order valence-electron chi connectivity index (χ0n) is 7.98. The molecule has 0 amide bonds. The summed E-state index contributed by atoms with van der Waals surface area (Å²) in [5, 5.41) is 18.8. The Labute approximate surface area is 101 Å². The van der Waals surface area contributed by atoms with Gasteiger partial charge in [0.05, 0.1) is 0 Å². The van der Waals surface area contributed by atoms with Gasteiger partial charge >= 0.3 is 5.97 Å². The summed E-state index contributed by atoms with van der Waals surface area (Å²) in [7, 11) is 0. The second kappa shape index (κ2) is 4.15. The van der Waals surface area contributed by atoms with Crippen LogP contribution in [-0.2, 0) is 0 Å². The van der Waals surface area contributed by atoms with E-state index < -0.39 is 5.97 Å². The molecule has 1 aromatic heterocycles. The van der Waals surface area contributed by atoms with Crippen LogP contribution in [0, 0.1) is 0 Å². The van der Waals surface area contributed by atoms with Crippen LogP contribution in [-0.4, -0.2) is 16.2 Å². The molecule has 0 atom stereocenters. The van der Waals surface area contributed by atoms with E-state index in [0.717, 1.165) is 16.9 Å². The monoisotopic (exact) mass is 254 g/mol. The summed E-state index contributed by atoms with van der Waals surface area (Å²) in [5.41, 5.74) is 0.831. The topological polar surface area (TPSA) is 57.5 Å². The van der Waals surface area contributed by atoms with Crippen molar-refractivity contribution in [2.75, 3.05) is 0 Å². The minimum absolute atomic E-state index is 0.0510. The minimum Gasteiger partial charge on any atom is -0.506 e. The van der Waals surface area contributed by atoms with Crippen molar-refractivity contribution in [2.45, 2.75) is 0 Å². The predicted molar refractivity (Wildman–Crippen MR) is 63.4 cm³/mol. The molecule has 0 spiro atoms. The van der Waals surface area contributed by atoms with Crippen LogP contribution in [0.2, 0.25) is 5.02 Å². The summed E-state index contributed by atoms with van der Waals surface area (Å²) in [5.74, 6) is -1.33. The molecule has 2 rings (SSSR count). The molecule has 5 heteroatoms. The molecular formula is C11H7ClO3S. The number of hydrogen-bond acceptors (Lipinski definition) is 3. The smallest absolute Gasteiger partial charge is 0.349 e. The van der Waals surface area contributed by atoms with E-state index in [2.05, 4.69) is 0 Å². The SMILES string of the molecule is O=C(O)c1sc(-c2ccc(Cl)cc2)cc1O. The summed E-state index contributed by atoms with van der Waals surface area (Å²) in [6.45, 7) is 0. The van der Waals surface area contributed by atoms with Crippen LogP contribution >= 0.6 is 22.9 Å². The number of benzene rings is 1. The predicted octanol–water partition coefficient (Wildman–Crippen LogP) is 3.47. The van der Waals surface area contributed by atoms with Gasteiger partial charge in [0.2, 0.25) is 0 Å². The van der Waals surface area contributed by atoms with Crippen LogP contribution < -0.4 is 0 Å². The first-order chi connectivity index (χ1) is 7.58. The van der Waals surface area contributed by atoms with Gasteiger partial charge in [-0.1, -0.05) is 23.7 Å².